The number of carboxylic acid groups (broad SMARTS) is 1. The molecule has 1 aliphatic heterocycles. The lowest BCUT2D eigenvalue weighted by Gasteiger charge is -2.17. The molecule has 192 valence electrons. The van der Waals surface area contributed by atoms with Crippen molar-refractivity contribution in [2.24, 2.45) is 0 Å². The number of hydrogen-bond acceptors (Lipinski definition) is 7. The average molecular weight is 517 g/mol. The molecule has 2 amide bonds. The van der Waals surface area contributed by atoms with Crippen molar-refractivity contribution in [2.75, 3.05) is 6.61 Å². The van der Waals surface area contributed by atoms with Crippen LogP contribution in [0.2, 0.25) is 0 Å². The molecule has 11 nitrogen and oxygen atoms in total. The maximum Gasteiger partial charge on any atom is 0.335 e. The summed E-state index contributed by atoms with van der Waals surface area (Å²) < 4.78 is 20.7. The molecule has 0 atom stereocenters. The Kier molecular flexibility index (Phi) is 6.52. The van der Waals surface area contributed by atoms with Crippen LogP contribution in [0.5, 0.6) is 5.75 Å². The van der Waals surface area contributed by atoms with E-state index < -0.39 is 23.6 Å². The van der Waals surface area contributed by atoms with Crippen molar-refractivity contribution < 1.29 is 33.4 Å². The molecule has 0 unspecified atom stereocenters. The topological polar surface area (TPSA) is 152 Å². The Labute approximate surface area is 214 Å². The molecule has 5 rings (SSSR count). The summed E-state index contributed by atoms with van der Waals surface area (Å²) in [6.07, 6.45) is 1.13. The van der Waals surface area contributed by atoms with Gasteiger partial charge in [0.05, 0.1) is 11.8 Å². The zero-order valence-corrected chi connectivity index (χ0v) is 19.7. The maximum absolute atomic E-state index is 14.3. The maximum atomic E-state index is 14.3. The van der Waals surface area contributed by atoms with E-state index in [4.69, 9.17) is 9.84 Å². The van der Waals surface area contributed by atoms with Crippen LogP contribution in [0.25, 0.3) is 5.65 Å². The van der Waals surface area contributed by atoms with Crippen LogP contribution in [-0.4, -0.2) is 49.9 Å². The monoisotopic (exact) mass is 517 g/mol. The zero-order chi connectivity index (χ0) is 26.8. The van der Waals surface area contributed by atoms with Gasteiger partial charge in [-0.05, 0) is 35.4 Å². The number of aromatic carboxylic acids is 1. The Balaban J connectivity index is 1.34. The van der Waals surface area contributed by atoms with Gasteiger partial charge in [-0.2, -0.15) is 5.10 Å². The Morgan fingerprint density at radius 1 is 1.03 bits per heavy atom. The number of Topliss-reactive ketones (excluding diaryl/α,β-unsaturated/α-hetero) is 1. The van der Waals surface area contributed by atoms with Gasteiger partial charge in [0.2, 0.25) is 0 Å². The van der Waals surface area contributed by atoms with Gasteiger partial charge in [-0.1, -0.05) is 18.2 Å². The van der Waals surface area contributed by atoms with Crippen LogP contribution in [-0.2, 0) is 24.3 Å². The molecule has 0 aliphatic carbocycles. The van der Waals surface area contributed by atoms with E-state index in [9.17, 15) is 23.6 Å². The van der Waals surface area contributed by atoms with Gasteiger partial charge in [0.25, 0.3) is 11.8 Å². The third-order valence-electron chi connectivity index (χ3n) is 5.88. The average Bonchev–Trinajstić information content (AvgIpc) is 3.30. The highest BCUT2D eigenvalue weighted by molar-refractivity contribution is 5.98. The fraction of sp³-hybridized carbons (Fsp3) is 0.154. The number of hydrogen-bond donors (Lipinski definition) is 3. The van der Waals surface area contributed by atoms with E-state index in [-0.39, 0.29) is 54.5 Å². The lowest BCUT2D eigenvalue weighted by molar-refractivity contribution is -0.121. The molecule has 3 heterocycles. The fourth-order valence-electron chi connectivity index (χ4n) is 4.02. The van der Waals surface area contributed by atoms with Crippen molar-refractivity contribution >= 4 is 29.2 Å². The molecule has 2 aromatic heterocycles. The third kappa shape index (κ3) is 5.05. The smallest absolute Gasteiger partial charge is 0.335 e. The highest BCUT2D eigenvalue weighted by atomic mass is 19.1. The van der Waals surface area contributed by atoms with Gasteiger partial charge in [0.15, 0.2) is 17.2 Å². The molecule has 1 aliphatic rings. The molecular formula is C26H20FN5O6. The number of carbonyl (C=O) groups excluding carboxylic acids is 3. The van der Waals surface area contributed by atoms with Gasteiger partial charge in [0, 0.05) is 31.1 Å². The van der Waals surface area contributed by atoms with Crippen LogP contribution in [0.3, 0.4) is 0 Å². The van der Waals surface area contributed by atoms with Crippen LogP contribution in [0.15, 0.2) is 54.7 Å². The molecule has 38 heavy (non-hydrogen) atoms. The number of rotatable bonds is 7. The van der Waals surface area contributed by atoms with E-state index in [2.05, 4.69) is 20.7 Å². The van der Waals surface area contributed by atoms with Crippen molar-refractivity contribution in [3.63, 3.8) is 0 Å². The molecule has 3 N–H and O–H groups in total. The van der Waals surface area contributed by atoms with Crippen LogP contribution >= 0.6 is 0 Å². The standard InChI is InChI=1S/C26H20FN5O6/c27-19-12-30-32-21(25(35)29-10-14-2-1-3-16(6-14)26(36)37)9-20(31-23(19)32)24(34)28-11-15-4-5-22-17(7-15)8-18(33)13-38-22/h1-7,9,12H,8,10-11,13H2,(H,28,34)(H,29,35)(H,36,37). The molecule has 0 radical (unpaired) electrons. The number of aromatic nitrogens is 3. The summed E-state index contributed by atoms with van der Waals surface area (Å²) in [6.45, 7) is 0.114. The highest BCUT2D eigenvalue weighted by Gasteiger charge is 2.21. The number of ketones is 1. The second-order valence-corrected chi connectivity index (χ2v) is 8.57. The summed E-state index contributed by atoms with van der Waals surface area (Å²) in [5.41, 5.74) is 1.39. The summed E-state index contributed by atoms with van der Waals surface area (Å²) >= 11 is 0. The largest absolute Gasteiger partial charge is 0.486 e. The van der Waals surface area contributed by atoms with E-state index >= 15 is 0 Å². The van der Waals surface area contributed by atoms with Crippen molar-refractivity contribution in [1.29, 1.82) is 0 Å². The van der Waals surface area contributed by atoms with Gasteiger partial charge >= 0.3 is 5.97 Å². The Morgan fingerprint density at radius 3 is 2.58 bits per heavy atom. The van der Waals surface area contributed by atoms with Crippen LogP contribution < -0.4 is 15.4 Å². The van der Waals surface area contributed by atoms with Crippen LogP contribution in [0, 0.1) is 5.82 Å². The van der Waals surface area contributed by atoms with Crippen molar-refractivity contribution in [3.8, 4) is 5.75 Å². The minimum atomic E-state index is -1.10. The molecule has 12 heteroatoms. The summed E-state index contributed by atoms with van der Waals surface area (Å²) in [5.74, 6) is -2.67. The second kappa shape index (κ2) is 10.1. The number of nitrogens with one attached hydrogen (secondary N) is 2. The first-order valence-electron chi connectivity index (χ1n) is 11.5. The normalized spacial score (nSPS) is 12.5. The number of benzene rings is 2. The molecular weight excluding hydrogens is 497 g/mol. The number of fused-ring (bicyclic) bond motifs is 2. The fourth-order valence-corrected chi connectivity index (χ4v) is 4.02. The number of nitrogens with zero attached hydrogens (tertiary/aromatic N) is 3. The molecule has 0 fully saturated rings. The first-order chi connectivity index (χ1) is 18.3. The zero-order valence-electron chi connectivity index (χ0n) is 19.7. The van der Waals surface area contributed by atoms with Crippen LogP contribution in [0.1, 0.15) is 48.0 Å². The number of halogens is 1. The minimum absolute atomic E-state index is 0.0143. The quantitative estimate of drug-likeness (QED) is 0.336. The molecule has 0 saturated carbocycles. The predicted octanol–water partition coefficient (Wildman–Crippen LogP) is 1.93. The molecule has 0 saturated heterocycles. The minimum Gasteiger partial charge on any atom is -0.486 e. The van der Waals surface area contributed by atoms with Crippen molar-refractivity contribution in [3.05, 3.63) is 94.2 Å². The van der Waals surface area contributed by atoms with Crippen LogP contribution in [0.4, 0.5) is 4.39 Å². The highest BCUT2D eigenvalue weighted by Crippen LogP contribution is 2.24. The summed E-state index contributed by atoms with van der Waals surface area (Å²) in [7, 11) is 0. The Morgan fingerprint density at radius 2 is 1.79 bits per heavy atom. The summed E-state index contributed by atoms with van der Waals surface area (Å²) in [6, 6.07) is 12.5. The first kappa shape index (κ1) is 24.6. The van der Waals surface area contributed by atoms with Gasteiger partial charge < -0.3 is 20.5 Å². The number of carbonyl (C=O) groups is 4. The second-order valence-electron chi connectivity index (χ2n) is 8.57. The Bertz CT molecular complexity index is 1620. The van der Waals surface area contributed by atoms with E-state index in [0.29, 0.717) is 16.9 Å². The van der Waals surface area contributed by atoms with E-state index in [1.807, 2.05) is 0 Å². The molecule has 0 spiro atoms. The lowest BCUT2D eigenvalue weighted by atomic mass is 10.0. The van der Waals surface area contributed by atoms with E-state index in [0.717, 1.165) is 16.3 Å². The number of amides is 2. The summed E-state index contributed by atoms with van der Waals surface area (Å²) in [4.78, 5) is 52.7. The third-order valence-corrected chi connectivity index (χ3v) is 5.88. The number of carboxylic acids is 1. The summed E-state index contributed by atoms with van der Waals surface area (Å²) in [5, 5.41) is 18.3. The lowest BCUT2D eigenvalue weighted by Crippen LogP contribution is -2.28. The van der Waals surface area contributed by atoms with E-state index in [1.165, 1.54) is 18.2 Å². The van der Waals surface area contributed by atoms with Gasteiger partial charge in [-0.15, -0.1) is 0 Å². The van der Waals surface area contributed by atoms with E-state index in [1.54, 1.807) is 30.3 Å². The Hall–Kier alpha value is -5.13. The van der Waals surface area contributed by atoms with Crippen molar-refractivity contribution in [2.45, 2.75) is 19.5 Å². The number of ether oxygens (including phenoxy) is 1. The molecule has 0 bridgehead atoms. The molecule has 4 aromatic rings. The van der Waals surface area contributed by atoms with Gasteiger partial charge in [-0.25, -0.2) is 18.7 Å². The first-order valence-corrected chi connectivity index (χ1v) is 11.5. The molecule has 2 aromatic carbocycles. The van der Waals surface area contributed by atoms with Crippen molar-refractivity contribution in [1.82, 2.24) is 25.2 Å². The van der Waals surface area contributed by atoms with Gasteiger partial charge in [0.1, 0.15) is 23.7 Å². The predicted molar refractivity (Wildman–Crippen MR) is 129 cm³/mol. The van der Waals surface area contributed by atoms with Gasteiger partial charge in [-0.3, -0.25) is 14.4 Å². The SMILES string of the molecule is O=C1COc2ccc(CNC(=O)c3cc(C(=O)NCc4cccc(C(=O)O)c4)n4ncc(F)c4n3)cc2C1.